The van der Waals surface area contributed by atoms with Crippen molar-refractivity contribution in [2.75, 3.05) is 37.6 Å². The molecule has 148 valence electrons. The first-order valence-electron chi connectivity index (χ1n) is 10.7. The normalized spacial score (nSPS) is 20.9. The summed E-state index contributed by atoms with van der Waals surface area (Å²) in [5, 5.41) is 0. The summed E-state index contributed by atoms with van der Waals surface area (Å²) in [6.07, 6.45) is 11.4. The van der Waals surface area contributed by atoms with Gasteiger partial charge in [0.05, 0.1) is 5.69 Å². The van der Waals surface area contributed by atoms with Crippen LogP contribution in [0.2, 0.25) is 0 Å². The number of anilines is 1. The van der Waals surface area contributed by atoms with Gasteiger partial charge in [0, 0.05) is 56.2 Å². The molecule has 1 N–H and O–H groups in total. The number of fused-ring (bicyclic) bond motifs is 1. The third-order valence-corrected chi connectivity index (χ3v) is 6.84. The SMILES string of the molecule is O=c1[nH]c(CCCN2CCN(c3ccncc3)CC2)nc2c1CC1(CC2)CC1. The van der Waals surface area contributed by atoms with Crippen LogP contribution in [0.25, 0.3) is 0 Å². The maximum Gasteiger partial charge on any atom is 0.254 e. The number of nitrogens with zero attached hydrogens (tertiary/aromatic N) is 4. The van der Waals surface area contributed by atoms with E-state index < -0.39 is 0 Å². The number of nitrogens with one attached hydrogen (secondary N) is 1. The Labute approximate surface area is 166 Å². The Morgan fingerprint density at radius 1 is 1.07 bits per heavy atom. The number of pyridine rings is 1. The van der Waals surface area contributed by atoms with Crippen LogP contribution in [0.1, 0.15) is 42.8 Å². The van der Waals surface area contributed by atoms with Gasteiger partial charge in [-0.3, -0.25) is 14.7 Å². The zero-order chi connectivity index (χ0) is 19.0. The first kappa shape index (κ1) is 17.9. The van der Waals surface area contributed by atoms with E-state index in [2.05, 4.69) is 31.9 Å². The minimum absolute atomic E-state index is 0.122. The summed E-state index contributed by atoms with van der Waals surface area (Å²) in [6.45, 7) is 5.34. The molecular formula is C22H29N5O. The van der Waals surface area contributed by atoms with Gasteiger partial charge in [0.25, 0.3) is 5.56 Å². The van der Waals surface area contributed by atoms with Crippen LogP contribution >= 0.6 is 0 Å². The van der Waals surface area contributed by atoms with Crippen molar-refractivity contribution in [2.45, 2.75) is 44.9 Å². The van der Waals surface area contributed by atoms with Crippen LogP contribution in [-0.2, 0) is 19.3 Å². The zero-order valence-electron chi connectivity index (χ0n) is 16.5. The number of hydrogen-bond donors (Lipinski definition) is 1. The van der Waals surface area contributed by atoms with Crippen molar-refractivity contribution < 1.29 is 0 Å². The molecule has 0 aromatic carbocycles. The number of H-pyrrole nitrogens is 1. The summed E-state index contributed by atoms with van der Waals surface area (Å²) < 4.78 is 0. The second-order valence-electron chi connectivity index (χ2n) is 8.75. The summed E-state index contributed by atoms with van der Waals surface area (Å²) >= 11 is 0. The lowest BCUT2D eigenvalue weighted by Gasteiger charge is -2.36. The predicted octanol–water partition coefficient (Wildman–Crippen LogP) is 2.19. The van der Waals surface area contributed by atoms with Crippen LogP contribution in [-0.4, -0.2) is 52.6 Å². The fraction of sp³-hybridized carbons (Fsp3) is 0.591. The van der Waals surface area contributed by atoms with Gasteiger partial charge in [-0.2, -0.15) is 0 Å². The molecule has 2 aromatic rings. The number of aryl methyl sites for hydroxylation is 2. The van der Waals surface area contributed by atoms with E-state index in [-0.39, 0.29) is 5.56 Å². The summed E-state index contributed by atoms with van der Waals surface area (Å²) in [5.41, 5.74) is 3.89. The van der Waals surface area contributed by atoms with Crippen molar-refractivity contribution in [3.8, 4) is 0 Å². The second kappa shape index (κ2) is 7.32. The van der Waals surface area contributed by atoms with Crippen LogP contribution in [0.15, 0.2) is 29.3 Å². The molecule has 0 bridgehead atoms. The van der Waals surface area contributed by atoms with Crippen molar-refractivity contribution in [1.29, 1.82) is 0 Å². The first-order valence-corrected chi connectivity index (χ1v) is 10.7. The highest BCUT2D eigenvalue weighted by molar-refractivity contribution is 5.44. The van der Waals surface area contributed by atoms with Crippen LogP contribution < -0.4 is 10.5 Å². The van der Waals surface area contributed by atoms with E-state index in [1.807, 2.05) is 12.4 Å². The van der Waals surface area contributed by atoms with E-state index in [9.17, 15) is 4.79 Å². The van der Waals surface area contributed by atoms with Crippen molar-refractivity contribution in [3.05, 3.63) is 52.0 Å². The smallest absolute Gasteiger partial charge is 0.254 e. The maximum atomic E-state index is 12.5. The van der Waals surface area contributed by atoms with Crippen molar-refractivity contribution in [2.24, 2.45) is 5.41 Å². The van der Waals surface area contributed by atoms with E-state index in [1.165, 1.54) is 24.9 Å². The quantitative estimate of drug-likeness (QED) is 0.863. The van der Waals surface area contributed by atoms with Gasteiger partial charge in [0.15, 0.2) is 0 Å². The Morgan fingerprint density at radius 3 is 2.61 bits per heavy atom. The molecule has 2 fully saturated rings. The molecule has 1 saturated heterocycles. The van der Waals surface area contributed by atoms with Crippen LogP contribution in [0.3, 0.4) is 0 Å². The lowest BCUT2D eigenvalue weighted by Crippen LogP contribution is -2.46. The van der Waals surface area contributed by atoms with E-state index in [0.717, 1.165) is 75.5 Å². The molecule has 6 nitrogen and oxygen atoms in total. The summed E-state index contributed by atoms with van der Waals surface area (Å²) in [6, 6.07) is 4.16. The fourth-order valence-electron chi connectivity index (χ4n) is 4.81. The van der Waals surface area contributed by atoms with E-state index in [1.54, 1.807) is 0 Å². The Morgan fingerprint density at radius 2 is 1.86 bits per heavy atom. The second-order valence-corrected chi connectivity index (χ2v) is 8.75. The molecule has 0 unspecified atom stereocenters. The highest BCUT2D eigenvalue weighted by Crippen LogP contribution is 2.53. The Kier molecular flexibility index (Phi) is 4.67. The molecule has 1 saturated carbocycles. The maximum absolute atomic E-state index is 12.5. The van der Waals surface area contributed by atoms with Crippen LogP contribution in [0.5, 0.6) is 0 Å². The van der Waals surface area contributed by atoms with Gasteiger partial charge in [-0.05, 0) is 62.6 Å². The topological polar surface area (TPSA) is 65.1 Å². The van der Waals surface area contributed by atoms with Crippen molar-refractivity contribution in [1.82, 2.24) is 19.9 Å². The Bertz CT molecular complexity index is 882. The molecule has 5 rings (SSSR count). The molecule has 28 heavy (non-hydrogen) atoms. The number of hydrogen-bond acceptors (Lipinski definition) is 5. The van der Waals surface area contributed by atoms with Crippen molar-refractivity contribution >= 4 is 5.69 Å². The summed E-state index contributed by atoms with van der Waals surface area (Å²) in [7, 11) is 0. The zero-order valence-corrected chi connectivity index (χ0v) is 16.5. The predicted molar refractivity (Wildman–Crippen MR) is 110 cm³/mol. The minimum Gasteiger partial charge on any atom is -0.369 e. The molecule has 1 aliphatic heterocycles. The lowest BCUT2D eigenvalue weighted by atomic mass is 9.84. The van der Waals surface area contributed by atoms with Gasteiger partial charge in [0.2, 0.25) is 0 Å². The first-order chi connectivity index (χ1) is 13.7. The standard InChI is InChI=1S/C22H29N5O/c28-21-18-16-22(7-8-22)6-3-19(18)24-20(25-21)2-1-11-26-12-14-27(15-13-26)17-4-9-23-10-5-17/h4-5,9-10H,1-3,6-8,11-16H2,(H,24,25,28). The van der Waals surface area contributed by atoms with Gasteiger partial charge in [0.1, 0.15) is 5.82 Å². The van der Waals surface area contributed by atoms with Crippen LogP contribution in [0, 0.1) is 5.41 Å². The molecule has 6 heteroatoms. The minimum atomic E-state index is 0.122. The number of rotatable bonds is 5. The van der Waals surface area contributed by atoms with Crippen molar-refractivity contribution in [3.63, 3.8) is 0 Å². The number of piperazine rings is 1. The summed E-state index contributed by atoms with van der Waals surface area (Å²) in [4.78, 5) is 29.4. The molecule has 0 radical (unpaired) electrons. The summed E-state index contributed by atoms with van der Waals surface area (Å²) in [5.74, 6) is 0.880. The van der Waals surface area contributed by atoms with Gasteiger partial charge in [-0.25, -0.2) is 4.98 Å². The number of aromatic nitrogens is 3. The average molecular weight is 380 g/mol. The third-order valence-electron chi connectivity index (χ3n) is 6.84. The fourth-order valence-corrected chi connectivity index (χ4v) is 4.81. The van der Waals surface area contributed by atoms with E-state index in [4.69, 9.17) is 4.98 Å². The van der Waals surface area contributed by atoms with E-state index >= 15 is 0 Å². The largest absolute Gasteiger partial charge is 0.369 e. The molecule has 3 heterocycles. The van der Waals surface area contributed by atoms with E-state index in [0.29, 0.717) is 5.41 Å². The van der Waals surface area contributed by atoms with Gasteiger partial charge < -0.3 is 9.88 Å². The molecular weight excluding hydrogens is 350 g/mol. The monoisotopic (exact) mass is 379 g/mol. The molecule has 3 aliphatic rings. The molecule has 0 atom stereocenters. The number of aromatic amines is 1. The third kappa shape index (κ3) is 3.70. The molecule has 2 aliphatic carbocycles. The molecule has 1 spiro atoms. The lowest BCUT2D eigenvalue weighted by molar-refractivity contribution is 0.254. The highest BCUT2D eigenvalue weighted by Gasteiger charge is 2.45. The molecule has 2 aromatic heterocycles. The van der Waals surface area contributed by atoms with Gasteiger partial charge >= 0.3 is 0 Å². The molecule has 0 amide bonds. The Hall–Kier alpha value is -2.21. The Balaban J connectivity index is 1.12. The van der Waals surface area contributed by atoms with Gasteiger partial charge in [-0.1, -0.05) is 0 Å². The average Bonchev–Trinajstić information content (AvgIpc) is 3.49. The highest BCUT2D eigenvalue weighted by atomic mass is 16.1. The van der Waals surface area contributed by atoms with Crippen LogP contribution in [0.4, 0.5) is 5.69 Å². The van der Waals surface area contributed by atoms with Gasteiger partial charge in [-0.15, -0.1) is 0 Å².